The first kappa shape index (κ1) is 20.0. The van der Waals surface area contributed by atoms with Gasteiger partial charge in [0.25, 0.3) is 0 Å². The lowest BCUT2D eigenvalue weighted by Gasteiger charge is -2.16. The molecule has 28 heavy (non-hydrogen) atoms. The van der Waals surface area contributed by atoms with Crippen molar-refractivity contribution in [1.82, 2.24) is 0 Å². The second-order valence-electron chi connectivity index (χ2n) is 6.40. The van der Waals surface area contributed by atoms with Gasteiger partial charge in [-0.1, -0.05) is 31.5 Å². The van der Waals surface area contributed by atoms with Crippen LogP contribution in [0.15, 0.2) is 29.5 Å². The van der Waals surface area contributed by atoms with Crippen LogP contribution in [-0.4, -0.2) is 19.4 Å². The summed E-state index contributed by atoms with van der Waals surface area (Å²) in [6.07, 6.45) is 4.86. The number of hydrogen-bond donors (Lipinski definition) is 0. The van der Waals surface area contributed by atoms with E-state index in [2.05, 4.69) is 4.99 Å². The van der Waals surface area contributed by atoms with Gasteiger partial charge in [-0.15, -0.1) is 0 Å². The fraction of sp³-hybridized carbons (Fsp3) is 0.286. The van der Waals surface area contributed by atoms with Crippen molar-refractivity contribution in [3.63, 3.8) is 0 Å². The monoisotopic (exact) mass is 395 g/mol. The maximum atomic E-state index is 14.4. The van der Waals surface area contributed by atoms with Gasteiger partial charge in [0.2, 0.25) is 5.82 Å². The summed E-state index contributed by atoms with van der Waals surface area (Å²) < 4.78 is 75.1. The number of aliphatic imine (C=N–C) groups is 1. The van der Waals surface area contributed by atoms with Crippen molar-refractivity contribution in [2.75, 3.05) is 13.2 Å². The van der Waals surface area contributed by atoms with Crippen molar-refractivity contribution in [2.45, 2.75) is 26.2 Å². The minimum absolute atomic E-state index is 0.200. The van der Waals surface area contributed by atoms with Gasteiger partial charge in [0.05, 0.1) is 18.4 Å². The number of rotatable bonds is 6. The van der Waals surface area contributed by atoms with E-state index < -0.39 is 34.6 Å². The molecule has 3 rings (SSSR count). The summed E-state index contributed by atoms with van der Waals surface area (Å²) in [5, 5.41) is 0. The molecule has 0 aliphatic carbocycles. The summed E-state index contributed by atoms with van der Waals surface area (Å²) in [7, 11) is 0. The first-order valence-electron chi connectivity index (χ1n) is 8.92. The number of hydrogen-bond acceptors (Lipinski definition) is 2. The topological polar surface area (TPSA) is 21.6 Å². The van der Waals surface area contributed by atoms with Crippen LogP contribution in [-0.2, 0) is 11.2 Å². The number of benzene rings is 2. The van der Waals surface area contributed by atoms with Gasteiger partial charge in [-0.3, -0.25) is 4.99 Å². The Labute approximate surface area is 159 Å². The molecular weight excluding hydrogens is 377 g/mol. The fourth-order valence-electron chi connectivity index (χ4n) is 2.95. The van der Waals surface area contributed by atoms with Crippen molar-refractivity contribution in [2.24, 2.45) is 4.99 Å². The molecule has 1 heterocycles. The quantitative estimate of drug-likeness (QED) is 0.206. The first-order chi connectivity index (χ1) is 13.5. The highest BCUT2D eigenvalue weighted by Crippen LogP contribution is 2.33. The zero-order chi connectivity index (χ0) is 20.3. The maximum absolute atomic E-state index is 14.4. The Kier molecular flexibility index (Phi) is 6.11. The van der Waals surface area contributed by atoms with E-state index in [9.17, 15) is 22.0 Å². The van der Waals surface area contributed by atoms with E-state index in [1.165, 1.54) is 0 Å². The Balaban J connectivity index is 2.15. The van der Waals surface area contributed by atoms with E-state index in [1.807, 2.05) is 6.92 Å². The van der Waals surface area contributed by atoms with Crippen molar-refractivity contribution in [3.05, 3.63) is 75.8 Å². The summed E-state index contributed by atoms with van der Waals surface area (Å²) in [6.45, 7) is 2.75. The van der Waals surface area contributed by atoms with E-state index in [-0.39, 0.29) is 12.2 Å². The predicted molar refractivity (Wildman–Crippen MR) is 96.8 cm³/mol. The van der Waals surface area contributed by atoms with Gasteiger partial charge < -0.3 is 4.74 Å². The maximum Gasteiger partial charge on any atom is 0.200 e. The molecule has 148 valence electrons. The molecular formula is C21H18F5NO. The molecule has 2 aromatic rings. The lowest BCUT2D eigenvalue weighted by molar-refractivity contribution is 0.245. The molecule has 0 spiro atoms. The van der Waals surface area contributed by atoms with Crippen LogP contribution in [0.4, 0.5) is 22.0 Å². The molecule has 0 radical (unpaired) electrons. The van der Waals surface area contributed by atoms with Gasteiger partial charge in [-0.25, -0.2) is 22.0 Å². The van der Waals surface area contributed by atoms with Crippen LogP contribution in [0.1, 0.15) is 42.0 Å². The van der Waals surface area contributed by atoms with Crippen LogP contribution in [0.5, 0.6) is 0 Å². The molecule has 1 aliphatic rings. The van der Waals surface area contributed by atoms with Gasteiger partial charge >= 0.3 is 0 Å². The van der Waals surface area contributed by atoms with Crippen molar-refractivity contribution in [3.8, 4) is 0 Å². The van der Waals surface area contributed by atoms with Gasteiger partial charge in [0.1, 0.15) is 0 Å². The average molecular weight is 395 g/mol. The smallest absolute Gasteiger partial charge is 0.200 e. The van der Waals surface area contributed by atoms with Crippen LogP contribution in [0, 0.1) is 29.1 Å². The molecule has 0 saturated heterocycles. The van der Waals surface area contributed by atoms with Crippen LogP contribution in [0.2, 0.25) is 0 Å². The minimum atomic E-state index is -2.19. The Hall–Kier alpha value is -2.70. The predicted octanol–water partition coefficient (Wildman–Crippen LogP) is 5.56. The Morgan fingerprint density at radius 2 is 1.71 bits per heavy atom. The van der Waals surface area contributed by atoms with Crippen LogP contribution >= 0.6 is 0 Å². The summed E-state index contributed by atoms with van der Waals surface area (Å²) in [5.74, 6) is -9.94. The lowest BCUT2D eigenvalue weighted by atomic mass is 9.92. The molecule has 7 heteroatoms. The second kappa shape index (κ2) is 8.54. The number of halogens is 5. The van der Waals surface area contributed by atoms with Gasteiger partial charge in [-0.2, -0.15) is 0 Å². The highest BCUT2D eigenvalue weighted by atomic mass is 19.2. The molecule has 0 bridgehead atoms. The third kappa shape index (κ3) is 3.79. The number of nitrogens with zero attached hydrogens (tertiary/aromatic N) is 1. The van der Waals surface area contributed by atoms with Crippen molar-refractivity contribution in [1.29, 1.82) is 0 Å². The van der Waals surface area contributed by atoms with Crippen molar-refractivity contribution >= 4 is 11.8 Å². The van der Waals surface area contributed by atoms with Crippen LogP contribution in [0.25, 0.3) is 5.57 Å². The highest BCUT2D eigenvalue weighted by molar-refractivity contribution is 5.86. The molecule has 2 nitrogen and oxygen atoms in total. The zero-order valence-electron chi connectivity index (χ0n) is 15.2. The van der Waals surface area contributed by atoms with E-state index >= 15 is 0 Å². The molecule has 0 aromatic heterocycles. The molecule has 0 unspecified atom stereocenters. The Morgan fingerprint density at radius 1 is 1.04 bits per heavy atom. The standard InChI is InChI=1S/C21H18F5NO/c1-2-3-8-28-11-15(13-4-5-14-10-27-7-6-12(14)9-13)16-17(22)19(24)21(26)20(25)18(16)23/h4-5,9-11H,2-3,6-8H2,1H3/b15-11+. The van der Waals surface area contributed by atoms with E-state index in [0.29, 0.717) is 24.9 Å². The number of unbranched alkanes of at least 4 members (excludes halogenated alkanes) is 1. The molecule has 0 fully saturated rings. The SMILES string of the molecule is CCCCO/C=C(\c1ccc2c(c1)CCN=C2)c1c(F)c(F)c(F)c(F)c1F. The summed E-state index contributed by atoms with van der Waals surface area (Å²) in [6, 6.07) is 4.90. The van der Waals surface area contributed by atoms with Gasteiger partial charge in [0, 0.05) is 18.3 Å². The summed E-state index contributed by atoms with van der Waals surface area (Å²) in [5.41, 5.74) is 0.815. The van der Waals surface area contributed by atoms with Crippen LogP contribution in [0.3, 0.4) is 0 Å². The van der Waals surface area contributed by atoms with Gasteiger partial charge in [0.15, 0.2) is 23.3 Å². The third-order valence-electron chi connectivity index (χ3n) is 4.49. The molecule has 0 N–H and O–H groups in total. The second-order valence-corrected chi connectivity index (χ2v) is 6.40. The van der Waals surface area contributed by atoms with E-state index in [1.54, 1.807) is 24.4 Å². The van der Waals surface area contributed by atoms with E-state index in [4.69, 9.17) is 4.74 Å². The summed E-state index contributed by atoms with van der Waals surface area (Å²) >= 11 is 0. The van der Waals surface area contributed by atoms with Gasteiger partial charge in [-0.05, 0) is 29.5 Å². The number of ether oxygens (including phenoxy) is 1. The average Bonchev–Trinajstić information content (AvgIpc) is 2.72. The molecule has 0 amide bonds. The Bertz CT molecular complexity index is 923. The minimum Gasteiger partial charge on any atom is -0.501 e. The van der Waals surface area contributed by atoms with Crippen molar-refractivity contribution < 1.29 is 26.7 Å². The number of fused-ring (bicyclic) bond motifs is 1. The first-order valence-corrected chi connectivity index (χ1v) is 8.92. The normalized spacial score (nSPS) is 13.6. The largest absolute Gasteiger partial charge is 0.501 e. The zero-order valence-corrected chi connectivity index (χ0v) is 15.2. The Morgan fingerprint density at radius 3 is 2.39 bits per heavy atom. The third-order valence-corrected chi connectivity index (χ3v) is 4.49. The molecule has 1 aliphatic heterocycles. The van der Waals surface area contributed by atoms with E-state index in [0.717, 1.165) is 23.8 Å². The van der Waals surface area contributed by atoms with Crippen LogP contribution < -0.4 is 0 Å². The molecule has 2 aromatic carbocycles. The lowest BCUT2D eigenvalue weighted by Crippen LogP contribution is -2.09. The fourth-order valence-corrected chi connectivity index (χ4v) is 2.95. The molecule has 0 atom stereocenters. The highest BCUT2D eigenvalue weighted by Gasteiger charge is 2.28. The summed E-state index contributed by atoms with van der Waals surface area (Å²) in [4.78, 5) is 4.16. The molecule has 0 saturated carbocycles.